The van der Waals surface area contributed by atoms with E-state index in [4.69, 9.17) is 5.73 Å². The molecule has 1 amide bonds. The Balaban J connectivity index is 2.07. The lowest BCUT2D eigenvalue weighted by molar-refractivity contribution is -0.131. The van der Waals surface area contributed by atoms with Gasteiger partial charge in [0.05, 0.1) is 10.9 Å². The largest absolute Gasteiger partial charge is 0.399 e. The Labute approximate surface area is 119 Å². The van der Waals surface area contributed by atoms with E-state index in [1.807, 2.05) is 0 Å². The summed E-state index contributed by atoms with van der Waals surface area (Å²) >= 11 is 0. The van der Waals surface area contributed by atoms with Gasteiger partial charge in [0.1, 0.15) is 0 Å². The van der Waals surface area contributed by atoms with Crippen LogP contribution in [0.5, 0.6) is 0 Å². The zero-order chi connectivity index (χ0) is 14.8. The van der Waals surface area contributed by atoms with Crippen LogP contribution in [0.15, 0.2) is 29.2 Å². The summed E-state index contributed by atoms with van der Waals surface area (Å²) in [6.07, 6.45) is 1.95. The van der Waals surface area contributed by atoms with Gasteiger partial charge in [-0.2, -0.15) is 4.72 Å². The maximum atomic E-state index is 12.2. The van der Waals surface area contributed by atoms with Crippen LogP contribution in [-0.4, -0.2) is 38.4 Å². The predicted octanol–water partition coefficient (Wildman–Crippen LogP) is 0.558. The topological polar surface area (TPSA) is 92.5 Å². The van der Waals surface area contributed by atoms with Crippen molar-refractivity contribution in [3.8, 4) is 0 Å². The third-order valence-electron chi connectivity index (χ3n) is 3.31. The van der Waals surface area contributed by atoms with Gasteiger partial charge in [0.2, 0.25) is 15.9 Å². The molecule has 0 radical (unpaired) electrons. The summed E-state index contributed by atoms with van der Waals surface area (Å²) in [5.74, 6) is -0.179. The van der Waals surface area contributed by atoms with Gasteiger partial charge in [-0.15, -0.1) is 0 Å². The summed E-state index contributed by atoms with van der Waals surface area (Å²) < 4.78 is 26.7. The second-order valence-corrected chi connectivity index (χ2v) is 6.66. The van der Waals surface area contributed by atoms with E-state index in [0.29, 0.717) is 18.8 Å². The smallest absolute Gasteiger partial charge is 0.241 e. The number of anilines is 1. The van der Waals surface area contributed by atoms with E-state index >= 15 is 0 Å². The number of likely N-dealkylation sites (tertiary alicyclic amines) is 1. The van der Waals surface area contributed by atoms with Gasteiger partial charge in [0, 0.05) is 18.8 Å². The molecular weight excluding hydrogens is 278 g/mol. The number of rotatable bonds is 4. The molecule has 110 valence electrons. The van der Waals surface area contributed by atoms with Crippen molar-refractivity contribution < 1.29 is 13.2 Å². The highest BCUT2D eigenvalue weighted by molar-refractivity contribution is 7.89. The van der Waals surface area contributed by atoms with Crippen LogP contribution >= 0.6 is 0 Å². The molecule has 20 heavy (non-hydrogen) atoms. The molecule has 1 heterocycles. The third kappa shape index (κ3) is 3.29. The van der Waals surface area contributed by atoms with E-state index in [0.717, 1.165) is 12.8 Å². The van der Waals surface area contributed by atoms with E-state index in [2.05, 4.69) is 4.72 Å². The van der Waals surface area contributed by atoms with Crippen molar-refractivity contribution in [3.05, 3.63) is 24.3 Å². The lowest BCUT2D eigenvalue weighted by Crippen LogP contribution is -2.45. The van der Waals surface area contributed by atoms with E-state index in [9.17, 15) is 13.2 Å². The molecule has 0 bridgehead atoms. The minimum Gasteiger partial charge on any atom is -0.399 e. The lowest BCUT2D eigenvalue weighted by Gasteiger charge is -2.21. The van der Waals surface area contributed by atoms with Gasteiger partial charge in [-0.05, 0) is 44.0 Å². The van der Waals surface area contributed by atoms with Crippen molar-refractivity contribution in [2.75, 3.05) is 18.8 Å². The summed E-state index contributed by atoms with van der Waals surface area (Å²) in [6.45, 7) is 2.97. The molecule has 0 aliphatic carbocycles. The molecule has 0 spiro atoms. The number of amides is 1. The highest BCUT2D eigenvalue weighted by Gasteiger charge is 2.27. The van der Waals surface area contributed by atoms with E-state index < -0.39 is 16.1 Å². The molecule has 1 unspecified atom stereocenters. The fourth-order valence-electron chi connectivity index (χ4n) is 2.21. The number of sulfonamides is 1. The van der Waals surface area contributed by atoms with Crippen LogP contribution < -0.4 is 10.5 Å². The van der Waals surface area contributed by atoms with Gasteiger partial charge in [-0.25, -0.2) is 8.42 Å². The molecular formula is C13H19N3O3S. The molecule has 1 aliphatic heterocycles. The Morgan fingerprint density at radius 3 is 2.35 bits per heavy atom. The number of nitrogens with one attached hydrogen (secondary N) is 1. The number of carbonyl (C=O) groups excluding carboxylic acids is 1. The standard InChI is InChI=1S/C13H19N3O3S/c1-10(13(17)16-8-2-3-9-16)15-20(18,19)12-6-4-11(14)5-7-12/h4-7,10,15H,2-3,8-9,14H2,1H3. The average molecular weight is 297 g/mol. The Morgan fingerprint density at radius 2 is 1.80 bits per heavy atom. The second-order valence-electron chi connectivity index (χ2n) is 4.94. The number of hydrogen-bond acceptors (Lipinski definition) is 4. The first-order valence-electron chi connectivity index (χ1n) is 6.57. The number of hydrogen-bond donors (Lipinski definition) is 2. The molecule has 1 fully saturated rings. The SMILES string of the molecule is CC(NS(=O)(=O)c1ccc(N)cc1)C(=O)N1CCCC1. The fraction of sp³-hybridized carbons (Fsp3) is 0.462. The van der Waals surface area contributed by atoms with Crippen LogP contribution in [-0.2, 0) is 14.8 Å². The number of benzene rings is 1. The van der Waals surface area contributed by atoms with Gasteiger partial charge < -0.3 is 10.6 Å². The van der Waals surface area contributed by atoms with E-state index in [1.54, 1.807) is 11.8 Å². The van der Waals surface area contributed by atoms with Crippen LogP contribution in [0.2, 0.25) is 0 Å². The molecule has 3 N–H and O–H groups in total. The molecule has 1 aliphatic rings. The first-order valence-corrected chi connectivity index (χ1v) is 8.05. The maximum Gasteiger partial charge on any atom is 0.241 e. The van der Waals surface area contributed by atoms with Crippen LogP contribution in [0.1, 0.15) is 19.8 Å². The zero-order valence-electron chi connectivity index (χ0n) is 11.4. The molecule has 1 saturated heterocycles. The van der Waals surface area contributed by atoms with Gasteiger partial charge in [-0.1, -0.05) is 0 Å². The quantitative estimate of drug-likeness (QED) is 0.794. The van der Waals surface area contributed by atoms with Crippen molar-refractivity contribution in [3.63, 3.8) is 0 Å². The number of nitrogens with two attached hydrogens (primary N) is 1. The second kappa shape index (κ2) is 5.80. The molecule has 1 aromatic carbocycles. The van der Waals surface area contributed by atoms with Crippen molar-refractivity contribution in [1.29, 1.82) is 0 Å². The monoisotopic (exact) mass is 297 g/mol. The number of nitrogen functional groups attached to an aromatic ring is 1. The summed E-state index contributed by atoms with van der Waals surface area (Å²) in [7, 11) is -3.70. The molecule has 0 aromatic heterocycles. The molecule has 7 heteroatoms. The minimum absolute atomic E-state index is 0.104. The normalized spacial score (nSPS) is 17.1. The predicted molar refractivity (Wildman–Crippen MR) is 76.5 cm³/mol. The molecule has 6 nitrogen and oxygen atoms in total. The van der Waals surface area contributed by atoms with Crippen LogP contribution in [0.25, 0.3) is 0 Å². The highest BCUT2D eigenvalue weighted by atomic mass is 32.2. The van der Waals surface area contributed by atoms with E-state index in [1.165, 1.54) is 24.3 Å². The Kier molecular flexibility index (Phi) is 4.29. The first-order chi connectivity index (χ1) is 9.40. The average Bonchev–Trinajstić information content (AvgIpc) is 2.91. The van der Waals surface area contributed by atoms with Crippen molar-refractivity contribution in [1.82, 2.24) is 9.62 Å². The minimum atomic E-state index is -3.70. The van der Waals surface area contributed by atoms with E-state index in [-0.39, 0.29) is 10.8 Å². The number of carbonyl (C=O) groups is 1. The Hall–Kier alpha value is -1.60. The number of nitrogens with zero attached hydrogens (tertiary/aromatic N) is 1. The van der Waals surface area contributed by atoms with Crippen molar-refractivity contribution in [2.45, 2.75) is 30.7 Å². The van der Waals surface area contributed by atoms with Gasteiger partial charge in [0.25, 0.3) is 0 Å². The Morgan fingerprint density at radius 1 is 1.25 bits per heavy atom. The first kappa shape index (κ1) is 14.8. The van der Waals surface area contributed by atoms with Gasteiger partial charge in [-0.3, -0.25) is 4.79 Å². The summed E-state index contributed by atoms with van der Waals surface area (Å²) in [5, 5.41) is 0. The highest BCUT2D eigenvalue weighted by Crippen LogP contribution is 2.14. The molecule has 2 rings (SSSR count). The lowest BCUT2D eigenvalue weighted by atomic mass is 10.3. The molecule has 1 atom stereocenters. The van der Waals surface area contributed by atoms with Crippen molar-refractivity contribution >= 4 is 21.6 Å². The summed E-state index contributed by atoms with van der Waals surface area (Å²) in [5.41, 5.74) is 6.02. The molecule has 1 aromatic rings. The fourth-order valence-corrected chi connectivity index (χ4v) is 3.41. The third-order valence-corrected chi connectivity index (χ3v) is 4.87. The van der Waals surface area contributed by atoms with Crippen LogP contribution in [0.3, 0.4) is 0 Å². The summed E-state index contributed by atoms with van der Waals surface area (Å²) in [4.78, 5) is 13.9. The summed E-state index contributed by atoms with van der Waals surface area (Å²) in [6, 6.07) is 5.11. The molecule has 0 saturated carbocycles. The van der Waals surface area contributed by atoms with Gasteiger partial charge >= 0.3 is 0 Å². The zero-order valence-corrected chi connectivity index (χ0v) is 12.2. The van der Waals surface area contributed by atoms with Gasteiger partial charge in [0.15, 0.2) is 0 Å². The Bertz CT molecular complexity index is 577. The van der Waals surface area contributed by atoms with Crippen LogP contribution in [0.4, 0.5) is 5.69 Å². The maximum absolute atomic E-state index is 12.2. The van der Waals surface area contributed by atoms with Crippen molar-refractivity contribution in [2.24, 2.45) is 0 Å². The van der Waals surface area contributed by atoms with Crippen LogP contribution in [0, 0.1) is 0 Å².